The van der Waals surface area contributed by atoms with E-state index in [2.05, 4.69) is 15.9 Å². The molecule has 3 saturated heterocycles. The normalized spacial score (nSPS) is 21.1. The van der Waals surface area contributed by atoms with Gasteiger partial charge in [-0.05, 0) is 184 Å². The molecule has 0 aliphatic carbocycles. The zero-order valence-electron chi connectivity index (χ0n) is 40.1. The first-order valence-corrected chi connectivity index (χ1v) is 21.7. The molecule has 10 nitrogen and oxygen atoms in total. The molecule has 0 aromatic heterocycles. The number of ether oxygens (including phenoxy) is 4. The van der Waals surface area contributed by atoms with Crippen molar-refractivity contribution in [2.75, 3.05) is 26.8 Å². The highest BCUT2D eigenvalue weighted by Gasteiger charge is 2.63. The first-order chi connectivity index (χ1) is 27.2. The van der Waals surface area contributed by atoms with Crippen LogP contribution in [0.15, 0.2) is 28.7 Å². The summed E-state index contributed by atoms with van der Waals surface area (Å²) >= 11 is 3.37. The van der Waals surface area contributed by atoms with Gasteiger partial charge in [0.25, 0.3) is 0 Å². The van der Waals surface area contributed by atoms with Crippen molar-refractivity contribution < 1.29 is 55.7 Å². The summed E-state index contributed by atoms with van der Waals surface area (Å²) in [5, 5.41) is 0. The lowest BCUT2D eigenvalue weighted by Gasteiger charge is -2.32. The Morgan fingerprint density at radius 3 is 1.22 bits per heavy atom. The van der Waals surface area contributed by atoms with Crippen LogP contribution in [0.3, 0.4) is 0 Å². The quantitative estimate of drug-likeness (QED) is 0.116. The molecule has 338 valence electrons. The Morgan fingerprint density at radius 1 is 0.533 bits per heavy atom. The predicted octanol–water partition coefficient (Wildman–Crippen LogP) is 10.1. The highest BCUT2D eigenvalue weighted by molar-refractivity contribution is 9.10. The van der Waals surface area contributed by atoms with Gasteiger partial charge >= 0.3 is 21.1 Å². The third-order valence-corrected chi connectivity index (χ3v) is 13.2. The number of hydrogen-bond donors (Lipinski definition) is 0. The van der Waals surface area contributed by atoms with Crippen molar-refractivity contribution in [3.63, 3.8) is 0 Å². The molecule has 0 N–H and O–H groups in total. The minimum absolute atomic E-state index is 0.169. The summed E-state index contributed by atoms with van der Waals surface area (Å²) in [6, 6.07) is 6.57. The third-order valence-electron chi connectivity index (χ3n) is 12.6. The SMILES string of the molecule is CC1(C)OB(B2OC(C)(C)C(C)(C)O2)OC1(C)C.CCOCOC(C)(C)c1cc(C)c(F)cc1B1OC(C)(C)C(C)(C)O1.CCOCOC(C)(C)c1cc(C)c(F)cc1Br. The van der Waals surface area contributed by atoms with Gasteiger partial charge in [0.05, 0.1) is 44.8 Å². The van der Waals surface area contributed by atoms with Crippen molar-refractivity contribution in [3.05, 3.63) is 62.6 Å². The molecular weight excluding hydrogens is 839 g/mol. The average Bonchev–Trinajstić information content (AvgIpc) is 3.57. The lowest BCUT2D eigenvalue weighted by molar-refractivity contribution is -0.129. The lowest BCUT2D eigenvalue weighted by atomic mass is 9.49. The van der Waals surface area contributed by atoms with Crippen molar-refractivity contribution in [1.82, 2.24) is 0 Å². The lowest BCUT2D eigenvalue weighted by Crippen LogP contribution is -2.42. The first kappa shape index (κ1) is 52.9. The van der Waals surface area contributed by atoms with Gasteiger partial charge in [-0.2, -0.15) is 0 Å². The van der Waals surface area contributed by atoms with Crippen LogP contribution in [0.1, 0.15) is 147 Å². The van der Waals surface area contributed by atoms with Crippen LogP contribution in [0, 0.1) is 25.5 Å². The van der Waals surface area contributed by atoms with Gasteiger partial charge in [0.1, 0.15) is 25.2 Å². The number of halogens is 3. The first-order valence-electron chi connectivity index (χ1n) is 20.9. The topological polar surface area (TPSA) is 92.3 Å². The van der Waals surface area contributed by atoms with E-state index in [1.807, 2.05) is 131 Å². The molecule has 2 aromatic rings. The fourth-order valence-electron chi connectivity index (χ4n) is 6.20. The highest BCUT2D eigenvalue weighted by Crippen LogP contribution is 2.43. The monoisotopic (exact) mass is 910 g/mol. The molecule has 0 saturated carbocycles. The van der Waals surface area contributed by atoms with E-state index in [0.717, 1.165) is 11.1 Å². The number of benzene rings is 2. The standard InChI is InChI=1S/C19H30BFO4.C13H18BrFO2.C12H24B2O4/c1-9-22-12-23-17(3,4)14-10-13(2)16(21)11-15(14)20-24-18(5,6)19(7,8)25-20;1-5-16-8-17-13(3,4)10-6-9(2)12(15)7-11(10)14;1-9(2)10(3,4)16-13(15-9)14-17-11(5,6)12(7,8)18-14/h10-11H,9,12H2,1-8H3;6-7H,5,8H2,1-4H3;1-8H3. The number of hydrogen-bond acceptors (Lipinski definition) is 10. The molecule has 0 atom stereocenters. The molecule has 3 aliphatic rings. The molecule has 16 heteroatoms. The predicted molar refractivity (Wildman–Crippen MR) is 239 cm³/mol. The van der Waals surface area contributed by atoms with Crippen molar-refractivity contribution in [1.29, 1.82) is 0 Å². The Kier molecular flexibility index (Phi) is 17.1. The number of rotatable bonds is 12. The van der Waals surface area contributed by atoms with Crippen LogP contribution in [0.25, 0.3) is 0 Å². The van der Waals surface area contributed by atoms with E-state index in [4.69, 9.17) is 46.9 Å². The fourth-order valence-corrected chi connectivity index (χ4v) is 6.99. The van der Waals surface area contributed by atoms with Crippen LogP contribution >= 0.6 is 15.9 Å². The molecule has 0 unspecified atom stereocenters. The van der Waals surface area contributed by atoms with Crippen molar-refractivity contribution in [2.24, 2.45) is 0 Å². The second-order valence-corrected chi connectivity index (χ2v) is 20.5. The summed E-state index contributed by atoms with van der Waals surface area (Å²) < 4.78 is 86.5. The Bertz CT molecular complexity index is 1690. The van der Waals surface area contributed by atoms with Crippen LogP contribution in [0.5, 0.6) is 0 Å². The van der Waals surface area contributed by atoms with E-state index >= 15 is 0 Å². The molecule has 0 amide bonds. The maximum absolute atomic E-state index is 14.3. The van der Waals surface area contributed by atoms with Crippen LogP contribution < -0.4 is 5.46 Å². The summed E-state index contributed by atoms with van der Waals surface area (Å²) in [7, 11) is -1.60. The zero-order chi connectivity index (χ0) is 46.1. The molecule has 0 bridgehead atoms. The minimum Gasteiger partial charge on any atom is -0.405 e. The Balaban J connectivity index is 0.000000247. The second-order valence-electron chi connectivity index (χ2n) is 19.6. The van der Waals surface area contributed by atoms with Gasteiger partial charge in [0.15, 0.2) is 0 Å². The molecular formula is C44H72B3BrF2O10. The minimum atomic E-state index is -0.674. The molecule has 3 fully saturated rings. The molecule has 3 aliphatic heterocycles. The van der Waals surface area contributed by atoms with E-state index in [1.165, 1.54) is 12.1 Å². The van der Waals surface area contributed by atoms with Crippen LogP contribution in [-0.4, -0.2) is 81.5 Å². The summed E-state index contributed by atoms with van der Waals surface area (Å²) in [6.07, 6.45) is 0. The fraction of sp³-hybridized carbons (Fsp3) is 0.727. The molecule has 2 aromatic carbocycles. The second kappa shape index (κ2) is 19.4. The van der Waals surface area contributed by atoms with E-state index in [1.54, 1.807) is 19.9 Å². The third kappa shape index (κ3) is 12.2. The summed E-state index contributed by atoms with van der Waals surface area (Å²) in [4.78, 5) is 0. The van der Waals surface area contributed by atoms with Crippen molar-refractivity contribution in [2.45, 2.75) is 183 Å². The Morgan fingerprint density at radius 2 is 0.850 bits per heavy atom. The van der Waals surface area contributed by atoms with E-state index < -0.39 is 43.5 Å². The maximum Gasteiger partial charge on any atom is 0.495 e. The van der Waals surface area contributed by atoms with Gasteiger partial charge in [0, 0.05) is 17.7 Å². The average molecular weight is 911 g/mol. The van der Waals surface area contributed by atoms with Gasteiger partial charge in [-0.1, -0.05) is 22.0 Å². The van der Waals surface area contributed by atoms with Crippen molar-refractivity contribution in [3.8, 4) is 0 Å². The molecule has 0 radical (unpaired) electrons. The van der Waals surface area contributed by atoms with Gasteiger partial charge in [-0.25, -0.2) is 8.78 Å². The Hall–Kier alpha value is -1.43. The summed E-state index contributed by atoms with van der Waals surface area (Å²) in [6.45, 7) is 40.8. The smallest absolute Gasteiger partial charge is 0.405 e. The summed E-state index contributed by atoms with van der Waals surface area (Å²) in [5.41, 5.74) is -0.0489. The van der Waals surface area contributed by atoms with Crippen molar-refractivity contribution >= 4 is 42.5 Å². The molecule has 5 rings (SSSR count). The largest absolute Gasteiger partial charge is 0.495 e. The van der Waals surface area contributed by atoms with E-state index in [0.29, 0.717) is 34.3 Å². The zero-order valence-corrected chi connectivity index (χ0v) is 41.7. The molecule has 3 heterocycles. The van der Waals surface area contributed by atoms with Gasteiger partial charge in [-0.15, -0.1) is 0 Å². The van der Waals surface area contributed by atoms with Gasteiger partial charge in [0.2, 0.25) is 0 Å². The maximum atomic E-state index is 14.3. The van der Waals surface area contributed by atoms with Crippen LogP contribution in [0.4, 0.5) is 8.78 Å². The van der Waals surface area contributed by atoms with Gasteiger partial charge in [-0.3, -0.25) is 0 Å². The number of aryl methyl sites for hydroxylation is 2. The molecule has 0 spiro atoms. The van der Waals surface area contributed by atoms with Crippen LogP contribution in [0.2, 0.25) is 0 Å². The molecule has 60 heavy (non-hydrogen) atoms. The van der Waals surface area contributed by atoms with E-state index in [9.17, 15) is 8.78 Å². The highest BCUT2D eigenvalue weighted by atomic mass is 79.9. The van der Waals surface area contributed by atoms with E-state index in [-0.39, 0.29) is 47.6 Å². The summed E-state index contributed by atoms with van der Waals surface area (Å²) in [5.74, 6) is -0.504. The van der Waals surface area contributed by atoms with Crippen LogP contribution in [-0.2, 0) is 58.1 Å². The van der Waals surface area contributed by atoms with Gasteiger partial charge < -0.3 is 46.9 Å². The Labute approximate surface area is 369 Å².